The third kappa shape index (κ3) is 4.01. The zero-order chi connectivity index (χ0) is 20.5. The second-order valence-corrected chi connectivity index (χ2v) is 8.47. The highest BCUT2D eigenvalue weighted by Crippen LogP contribution is 2.38. The quantitative estimate of drug-likeness (QED) is 0.587. The summed E-state index contributed by atoms with van der Waals surface area (Å²) in [6, 6.07) is 15.2. The van der Waals surface area contributed by atoms with Crippen LogP contribution in [0.2, 0.25) is 5.02 Å². The lowest BCUT2D eigenvalue weighted by atomic mass is 10.1. The molecule has 0 amide bonds. The van der Waals surface area contributed by atoms with Gasteiger partial charge in [0.15, 0.2) is 5.44 Å². The molecule has 2 aromatic carbocycles. The molecule has 3 aromatic rings. The Balaban J connectivity index is 1.74. The van der Waals surface area contributed by atoms with Crippen LogP contribution < -0.4 is 4.74 Å². The van der Waals surface area contributed by atoms with Gasteiger partial charge in [0.25, 0.3) is 0 Å². The van der Waals surface area contributed by atoms with Crippen LogP contribution >= 0.6 is 23.4 Å². The van der Waals surface area contributed by atoms with Crippen molar-refractivity contribution in [1.82, 2.24) is 9.78 Å². The zero-order valence-corrected chi connectivity index (χ0v) is 17.2. The molecule has 152 valence electrons. The molecule has 0 radical (unpaired) electrons. The number of rotatable bonds is 4. The van der Waals surface area contributed by atoms with Gasteiger partial charge in [-0.05, 0) is 42.8 Å². The van der Waals surface area contributed by atoms with Crippen LogP contribution in [0.15, 0.2) is 54.7 Å². The van der Waals surface area contributed by atoms with E-state index in [1.54, 1.807) is 10.9 Å². The van der Waals surface area contributed by atoms with Crippen LogP contribution in [0.25, 0.3) is 16.9 Å². The van der Waals surface area contributed by atoms with Crippen LogP contribution in [-0.4, -0.2) is 54.6 Å². The van der Waals surface area contributed by atoms with Crippen LogP contribution in [0.5, 0.6) is 5.75 Å². The van der Waals surface area contributed by atoms with Crippen LogP contribution in [0.3, 0.4) is 0 Å². The minimum Gasteiger partial charge on any atom is -0.476 e. The maximum Gasteiger partial charge on any atom is 0.173 e. The van der Waals surface area contributed by atoms with Gasteiger partial charge in [0, 0.05) is 16.3 Å². The molecule has 1 saturated heterocycles. The SMILES string of the molecule is Cc1cc(O[C@H]2SC[C@@H](O)[C@H](O)[C@H]2O)c(-c2ccnn2-c2ccccc2)cc1Cl. The number of aromatic nitrogens is 2. The van der Waals surface area contributed by atoms with Crippen molar-refractivity contribution in [3.8, 4) is 22.7 Å². The first-order valence-electron chi connectivity index (χ1n) is 9.18. The summed E-state index contributed by atoms with van der Waals surface area (Å²) in [5, 5.41) is 35.1. The first-order chi connectivity index (χ1) is 14.0. The first-order valence-corrected chi connectivity index (χ1v) is 10.6. The highest BCUT2D eigenvalue weighted by molar-refractivity contribution is 7.99. The van der Waals surface area contributed by atoms with Crippen molar-refractivity contribution in [3.63, 3.8) is 0 Å². The van der Waals surface area contributed by atoms with Gasteiger partial charge in [-0.25, -0.2) is 4.68 Å². The normalized spacial score (nSPS) is 24.4. The van der Waals surface area contributed by atoms with Crippen LogP contribution in [0.4, 0.5) is 0 Å². The smallest absolute Gasteiger partial charge is 0.173 e. The molecule has 1 aliphatic heterocycles. The molecule has 29 heavy (non-hydrogen) atoms. The monoisotopic (exact) mass is 432 g/mol. The molecular formula is C21H21ClN2O4S. The molecule has 3 N–H and O–H groups in total. The molecule has 1 fully saturated rings. The van der Waals surface area contributed by atoms with E-state index in [1.807, 2.05) is 55.5 Å². The van der Waals surface area contributed by atoms with Crippen LogP contribution in [-0.2, 0) is 0 Å². The second kappa shape index (κ2) is 8.38. The summed E-state index contributed by atoms with van der Waals surface area (Å²) in [7, 11) is 0. The number of benzene rings is 2. The standard InChI is InChI=1S/C21H21ClN2O4S/c1-12-9-18(28-21-20(27)19(26)17(25)11-29-21)14(10-15(12)22)16-7-8-23-24(16)13-5-3-2-4-6-13/h2-10,17,19-21,25-27H,11H2,1H3/t17-,19+,20-,21+/m1/s1. The maximum atomic E-state index is 10.3. The third-order valence-electron chi connectivity index (χ3n) is 4.88. The Labute approximate surface area is 177 Å². The molecule has 0 spiro atoms. The predicted octanol–water partition coefficient (Wildman–Crippen LogP) is 3.04. The summed E-state index contributed by atoms with van der Waals surface area (Å²) in [5.74, 6) is 0.789. The van der Waals surface area contributed by atoms with Crippen LogP contribution in [0, 0.1) is 6.92 Å². The summed E-state index contributed by atoms with van der Waals surface area (Å²) in [6.07, 6.45) is -1.76. The number of halogens is 1. The lowest BCUT2D eigenvalue weighted by molar-refractivity contribution is -0.0785. The second-order valence-electron chi connectivity index (χ2n) is 6.93. The molecular weight excluding hydrogens is 412 g/mol. The highest BCUT2D eigenvalue weighted by Gasteiger charge is 2.39. The summed E-state index contributed by atoms with van der Waals surface area (Å²) in [4.78, 5) is 0. The molecule has 0 unspecified atom stereocenters. The van der Waals surface area contributed by atoms with Crippen molar-refractivity contribution in [2.45, 2.75) is 30.7 Å². The lowest BCUT2D eigenvalue weighted by Gasteiger charge is -2.35. The van der Waals surface area contributed by atoms with Gasteiger partial charge in [-0.15, -0.1) is 11.8 Å². The number of nitrogens with zero attached hydrogens (tertiary/aromatic N) is 2. The molecule has 1 aliphatic rings. The van der Waals surface area contributed by atoms with Gasteiger partial charge in [-0.3, -0.25) is 0 Å². The Kier molecular flexibility index (Phi) is 5.85. The Bertz CT molecular complexity index is 998. The summed E-state index contributed by atoms with van der Waals surface area (Å²) in [5.41, 5.74) is 2.49. The van der Waals surface area contributed by atoms with E-state index in [2.05, 4.69) is 5.10 Å². The van der Waals surface area contributed by atoms with Gasteiger partial charge in [-0.1, -0.05) is 29.8 Å². The van der Waals surface area contributed by atoms with E-state index in [1.165, 1.54) is 11.8 Å². The molecule has 0 bridgehead atoms. The number of aryl methyl sites for hydroxylation is 1. The fourth-order valence-electron chi connectivity index (χ4n) is 3.24. The Morgan fingerprint density at radius 3 is 2.62 bits per heavy atom. The third-order valence-corrected chi connectivity index (χ3v) is 6.52. The summed E-state index contributed by atoms with van der Waals surface area (Å²) >= 11 is 7.66. The number of para-hydroxylation sites is 1. The maximum absolute atomic E-state index is 10.3. The molecule has 6 nitrogen and oxygen atoms in total. The Hall–Kier alpha value is -2.03. The van der Waals surface area contributed by atoms with E-state index in [9.17, 15) is 15.3 Å². The Morgan fingerprint density at radius 2 is 1.86 bits per heavy atom. The largest absolute Gasteiger partial charge is 0.476 e. The van der Waals surface area contributed by atoms with Gasteiger partial charge < -0.3 is 20.1 Å². The fourth-order valence-corrected chi connectivity index (χ4v) is 4.52. The van der Waals surface area contributed by atoms with E-state index in [0.717, 1.165) is 22.5 Å². The van der Waals surface area contributed by atoms with E-state index in [0.29, 0.717) is 10.8 Å². The number of ether oxygens (including phenoxy) is 1. The fraction of sp³-hybridized carbons (Fsp3) is 0.286. The molecule has 2 heterocycles. The van der Waals surface area contributed by atoms with Crippen molar-refractivity contribution in [1.29, 1.82) is 0 Å². The molecule has 4 rings (SSSR count). The molecule has 4 atom stereocenters. The van der Waals surface area contributed by atoms with Gasteiger partial charge in [0.05, 0.1) is 23.7 Å². The summed E-state index contributed by atoms with van der Waals surface area (Å²) < 4.78 is 7.90. The van der Waals surface area contributed by atoms with Gasteiger partial charge in [-0.2, -0.15) is 5.10 Å². The number of thioether (sulfide) groups is 1. The van der Waals surface area contributed by atoms with Gasteiger partial charge in [0.1, 0.15) is 18.0 Å². The average Bonchev–Trinajstić information content (AvgIpc) is 3.21. The van der Waals surface area contributed by atoms with Crippen molar-refractivity contribution >= 4 is 23.4 Å². The molecule has 0 aliphatic carbocycles. The molecule has 1 aromatic heterocycles. The van der Waals surface area contributed by atoms with Gasteiger partial charge >= 0.3 is 0 Å². The van der Waals surface area contributed by atoms with Crippen molar-refractivity contribution in [3.05, 3.63) is 65.3 Å². The van der Waals surface area contributed by atoms with Crippen molar-refractivity contribution < 1.29 is 20.1 Å². The van der Waals surface area contributed by atoms with E-state index in [4.69, 9.17) is 16.3 Å². The minimum absolute atomic E-state index is 0.271. The first kappa shape index (κ1) is 20.3. The lowest BCUT2D eigenvalue weighted by Crippen LogP contribution is -2.50. The van der Waals surface area contributed by atoms with Gasteiger partial charge in [0.2, 0.25) is 0 Å². The van der Waals surface area contributed by atoms with Crippen molar-refractivity contribution in [2.24, 2.45) is 0 Å². The van der Waals surface area contributed by atoms with E-state index in [-0.39, 0.29) is 5.75 Å². The highest BCUT2D eigenvalue weighted by atomic mass is 35.5. The van der Waals surface area contributed by atoms with Crippen molar-refractivity contribution in [2.75, 3.05) is 5.75 Å². The molecule has 0 saturated carbocycles. The minimum atomic E-state index is -1.26. The van der Waals surface area contributed by atoms with E-state index < -0.39 is 23.7 Å². The topological polar surface area (TPSA) is 87.7 Å². The number of hydrogen-bond acceptors (Lipinski definition) is 6. The van der Waals surface area contributed by atoms with Crippen LogP contribution in [0.1, 0.15) is 5.56 Å². The zero-order valence-electron chi connectivity index (χ0n) is 15.6. The average molecular weight is 433 g/mol. The number of aliphatic hydroxyl groups excluding tert-OH is 3. The number of hydrogen-bond donors (Lipinski definition) is 3. The molecule has 8 heteroatoms. The Morgan fingerprint density at radius 1 is 1.10 bits per heavy atom. The summed E-state index contributed by atoms with van der Waals surface area (Å²) in [6.45, 7) is 1.87. The number of aliphatic hydroxyl groups is 3. The predicted molar refractivity (Wildman–Crippen MR) is 114 cm³/mol. The van der Waals surface area contributed by atoms with E-state index >= 15 is 0 Å².